The van der Waals surface area contributed by atoms with Gasteiger partial charge in [-0.25, -0.2) is 18.1 Å². The number of H-pyrrole nitrogens is 1. The number of aryl methyl sites for hydroxylation is 2. The molecule has 0 atom stereocenters. The fourth-order valence-electron chi connectivity index (χ4n) is 2.57. The number of anilines is 1. The van der Waals surface area contributed by atoms with Gasteiger partial charge in [-0.1, -0.05) is 48.0 Å². The molecule has 1 aromatic heterocycles. The Balaban J connectivity index is 1.88. The standard InChI is InChI=1S/C19H19N3O3S/c1-13-8-10-16(11-9-13)26(24,25)22-19-20-14(2)17(18(23)21-19)12-15-6-4-3-5-7-15/h3-11H,12H2,1-2H3,(H2,20,21,22,23). The molecule has 1 heterocycles. The van der Waals surface area contributed by atoms with Gasteiger partial charge < -0.3 is 0 Å². The van der Waals surface area contributed by atoms with Crippen molar-refractivity contribution in [1.82, 2.24) is 9.97 Å². The predicted octanol–water partition coefficient (Wildman–Crippen LogP) is 2.78. The van der Waals surface area contributed by atoms with Gasteiger partial charge in [0.2, 0.25) is 5.95 Å². The van der Waals surface area contributed by atoms with E-state index in [2.05, 4.69) is 14.7 Å². The summed E-state index contributed by atoms with van der Waals surface area (Å²) in [6.45, 7) is 3.56. The van der Waals surface area contributed by atoms with Gasteiger partial charge in [0.15, 0.2) is 0 Å². The lowest BCUT2D eigenvalue weighted by Crippen LogP contribution is -2.22. The van der Waals surface area contributed by atoms with Crippen molar-refractivity contribution in [3.05, 3.63) is 87.3 Å². The zero-order valence-corrected chi connectivity index (χ0v) is 15.3. The summed E-state index contributed by atoms with van der Waals surface area (Å²) in [5.41, 5.74) is 2.57. The quantitative estimate of drug-likeness (QED) is 0.723. The van der Waals surface area contributed by atoms with Crippen LogP contribution in [0.5, 0.6) is 0 Å². The molecule has 0 saturated heterocycles. The number of nitrogens with zero attached hydrogens (tertiary/aromatic N) is 1. The number of sulfonamides is 1. The van der Waals surface area contributed by atoms with Crippen LogP contribution in [0.15, 0.2) is 64.3 Å². The van der Waals surface area contributed by atoms with Crippen LogP contribution < -0.4 is 10.3 Å². The summed E-state index contributed by atoms with van der Waals surface area (Å²) in [6.07, 6.45) is 0.431. The second-order valence-corrected chi connectivity index (χ2v) is 7.74. The van der Waals surface area contributed by atoms with Gasteiger partial charge in [-0.05, 0) is 31.5 Å². The van der Waals surface area contributed by atoms with Crippen LogP contribution in [0.3, 0.4) is 0 Å². The smallest absolute Gasteiger partial charge is 0.264 e. The van der Waals surface area contributed by atoms with Gasteiger partial charge in [-0.3, -0.25) is 9.78 Å². The van der Waals surface area contributed by atoms with Gasteiger partial charge in [-0.2, -0.15) is 0 Å². The van der Waals surface area contributed by atoms with Crippen molar-refractivity contribution in [2.24, 2.45) is 0 Å². The molecule has 0 aliphatic heterocycles. The molecule has 2 N–H and O–H groups in total. The normalized spacial score (nSPS) is 11.3. The van der Waals surface area contributed by atoms with Gasteiger partial charge in [0.25, 0.3) is 15.6 Å². The number of benzene rings is 2. The van der Waals surface area contributed by atoms with Crippen molar-refractivity contribution in [2.75, 3.05) is 4.72 Å². The molecule has 0 aliphatic rings. The molecule has 6 nitrogen and oxygen atoms in total. The van der Waals surface area contributed by atoms with Crippen molar-refractivity contribution < 1.29 is 8.42 Å². The van der Waals surface area contributed by atoms with E-state index >= 15 is 0 Å². The molecule has 0 spiro atoms. The summed E-state index contributed by atoms with van der Waals surface area (Å²) in [7, 11) is -3.82. The molecule has 3 aromatic rings. The highest BCUT2D eigenvalue weighted by atomic mass is 32.2. The molecule has 0 amide bonds. The van der Waals surface area contributed by atoms with E-state index in [9.17, 15) is 13.2 Å². The Kier molecular flexibility index (Phi) is 4.90. The van der Waals surface area contributed by atoms with Crippen LogP contribution in [-0.2, 0) is 16.4 Å². The summed E-state index contributed by atoms with van der Waals surface area (Å²) < 4.78 is 27.2. The van der Waals surface area contributed by atoms with E-state index in [1.165, 1.54) is 12.1 Å². The molecule has 7 heteroatoms. The van der Waals surface area contributed by atoms with Crippen LogP contribution in [0.25, 0.3) is 0 Å². The van der Waals surface area contributed by atoms with Gasteiger partial charge in [-0.15, -0.1) is 0 Å². The Labute approximate surface area is 152 Å². The third kappa shape index (κ3) is 4.00. The second kappa shape index (κ2) is 7.13. The van der Waals surface area contributed by atoms with E-state index in [0.717, 1.165) is 11.1 Å². The Morgan fingerprint density at radius 1 is 1.00 bits per heavy atom. The number of nitrogens with one attached hydrogen (secondary N) is 2. The van der Waals surface area contributed by atoms with Crippen LogP contribution in [0.4, 0.5) is 5.95 Å². The minimum atomic E-state index is -3.82. The maximum atomic E-state index is 12.4. The van der Waals surface area contributed by atoms with Gasteiger partial charge in [0, 0.05) is 12.0 Å². The van der Waals surface area contributed by atoms with Crippen LogP contribution in [0.1, 0.15) is 22.4 Å². The molecule has 0 aliphatic carbocycles. The molecule has 0 fully saturated rings. The lowest BCUT2D eigenvalue weighted by atomic mass is 10.1. The Morgan fingerprint density at radius 3 is 2.27 bits per heavy atom. The summed E-state index contributed by atoms with van der Waals surface area (Å²) >= 11 is 0. The van der Waals surface area contributed by atoms with Gasteiger partial charge in [0.05, 0.1) is 10.6 Å². The number of hydrogen-bond acceptors (Lipinski definition) is 4. The van der Waals surface area contributed by atoms with Gasteiger partial charge in [0.1, 0.15) is 0 Å². The minimum Gasteiger partial charge on any atom is -0.292 e. The van der Waals surface area contributed by atoms with Crippen LogP contribution in [-0.4, -0.2) is 18.4 Å². The SMILES string of the molecule is Cc1ccc(S(=O)(=O)Nc2nc(C)c(Cc3ccccc3)c(=O)[nH]2)cc1. The summed E-state index contributed by atoms with van der Waals surface area (Å²) in [5.74, 6) is -0.0927. The molecule has 26 heavy (non-hydrogen) atoms. The van der Waals surface area contributed by atoms with Crippen LogP contribution in [0, 0.1) is 13.8 Å². The molecular formula is C19H19N3O3S. The topological polar surface area (TPSA) is 91.9 Å². The van der Waals surface area contributed by atoms with Crippen molar-refractivity contribution in [2.45, 2.75) is 25.2 Å². The lowest BCUT2D eigenvalue weighted by molar-refractivity contribution is 0.600. The Morgan fingerprint density at radius 2 is 1.65 bits per heavy atom. The van der Waals surface area contributed by atoms with Crippen LogP contribution in [0.2, 0.25) is 0 Å². The molecule has 3 rings (SSSR count). The lowest BCUT2D eigenvalue weighted by Gasteiger charge is -2.10. The number of aromatic amines is 1. The third-order valence-corrected chi connectivity index (χ3v) is 5.36. The second-order valence-electron chi connectivity index (χ2n) is 6.06. The maximum Gasteiger partial charge on any atom is 0.264 e. The third-order valence-electron chi connectivity index (χ3n) is 4.01. The Bertz CT molecular complexity index is 1070. The first-order valence-electron chi connectivity index (χ1n) is 8.08. The van der Waals surface area contributed by atoms with E-state index < -0.39 is 10.0 Å². The molecule has 2 aromatic carbocycles. The summed E-state index contributed by atoms with van der Waals surface area (Å²) in [4.78, 5) is 19.2. The molecule has 0 radical (unpaired) electrons. The largest absolute Gasteiger partial charge is 0.292 e. The fourth-order valence-corrected chi connectivity index (χ4v) is 3.53. The number of hydrogen-bond donors (Lipinski definition) is 2. The highest BCUT2D eigenvalue weighted by Gasteiger charge is 2.17. The minimum absolute atomic E-state index is 0.0927. The van der Waals surface area contributed by atoms with E-state index in [1.54, 1.807) is 19.1 Å². The number of aromatic nitrogens is 2. The molecular weight excluding hydrogens is 350 g/mol. The Hall–Kier alpha value is -2.93. The highest BCUT2D eigenvalue weighted by Crippen LogP contribution is 2.15. The average molecular weight is 369 g/mol. The predicted molar refractivity (Wildman–Crippen MR) is 101 cm³/mol. The average Bonchev–Trinajstić information content (AvgIpc) is 2.59. The van der Waals surface area contributed by atoms with E-state index in [1.807, 2.05) is 37.3 Å². The van der Waals surface area contributed by atoms with Crippen molar-refractivity contribution in [3.63, 3.8) is 0 Å². The van der Waals surface area contributed by atoms with Crippen LogP contribution >= 0.6 is 0 Å². The molecule has 0 bridgehead atoms. The fraction of sp³-hybridized carbons (Fsp3) is 0.158. The van der Waals surface area contributed by atoms with Gasteiger partial charge >= 0.3 is 0 Å². The molecule has 0 unspecified atom stereocenters. The zero-order valence-electron chi connectivity index (χ0n) is 14.5. The molecule has 134 valence electrons. The monoisotopic (exact) mass is 369 g/mol. The van der Waals surface area contributed by atoms with E-state index in [4.69, 9.17) is 0 Å². The van der Waals surface area contributed by atoms with Crippen molar-refractivity contribution >= 4 is 16.0 Å². The first-order chi connectivity index (χ1) is 12.3. The van der Waals surface area contributed by atoms with E-state index in [0.29, 0.717) is 17.7 Å². The first-order valence-corrected chi connectivity index (χ1v) is 9.57. The maximum absolute atomic E-state index is 12.4. The summed E-state index contributed by atoms with van der Waals surface area (Å²) in [6, 6.07) is 16.0. The first kappa shape index (κ1) is 17.9. The van der Waals surface area contributed by atoms with E-state index in [-0.39, 0.29) is 16.4 Å². The van der Waals surface area contributed by atoms with Crippen molar-refractivity contribution in [1.29, 1.82) is 0 Å². The summed E-state index contributed by atoms with van der Waals surface area (Å²) in [5, 5.41) is 0. The highest BCUT2D eigenvalue weighted by molar-refractivity contribution is 7.92. The van der Waals surface area contributed by atoms with Crippen molar-refractivity contribution in [3.8, 4) is 0 Å². The zero-order chi connectivity index (χ0) is 18.7. The number of rotatable bonds is 5. The molecule has 0 saturated carbocycles.